The molecular formula is C15H20O3. The first-order chi connectivity index (χ1) is 8.40. The number of benzene rings is 1. The van der Waals surface area contributed by atoms with Crippen molar-refractivity contribution in [1.29, 1.82) is 0 Å². The van der Waals surface area contributed by atoms with Crippen LogP contribution in [0.2, 0.25) is 0 Å². The molecule has 1 rings (SSSR count). The molecule has 0 bridgehead atoms. The van der Waals surface area contributed by atoms with E-state index in [1.165, 1.54) is 5.57 Å². The van der Waals surface area contributed by atoms with Crippen molar-refractivity contribution in [2.75, 3.05) is 0 Å². The van der Waals surface area contributed by atoms with Gasteiger partial charge >= 0.3 is 5.97 Å². The molecule has 0 aliphatic carbocycles. The van der Waals surface area contributed by atoms with Gasteiger partial charge in [0.25, 0.3) is 0 Å². The van der Waals surface area contributed by atoms with Crippen molar-refractivity contribution >= 4 is 5.97 Å². The van der Waals surface area contributed by atoms with Crippen LogP contribution in [-0.2, 0) is 17.6 Å². The zero-order chi connectivity index (χ0) is 13.7. The number of hydrogen-bond acceptors (Lipinski definition) is 2. The molecule has 0 fully saturated rings. The van der Waals surface area contributed by atoms with E-state index >= 15 is 0 Å². The topological polar surface area (TPSA) is 57.5 Å². The van der Waals surface area contributed by atoms with E-state index in [0.29, 0.717) is 12.8 Å². The van der Waals surface area contributed by atoms with Gasteiger partial charge in [-0.05, 0) is 43.9 Å². The van der Waals surface area contributed by atoms with E-state index in [1.54, 1.807) is 19.1 Å². The summed E-state index contributed by atoms with van der Waals surface area (Å²) in [5.41, 5.74) is 2.98. The second kappa shape index (κ2) is 6.24. The zero-order valence-corrected chi connectivity index (χ0v) is 11.1. The molecule has 1 aromatic carbocycles. The Bertz CT molecular complexity index is 457. The van der Waals surface area contributed by atoms with Crippen molar-refractivity contribution in [3.63, 3.8) is 0 Å². The third-order valence-corrected chi connectivity index (χ3v) is 2.84. The van der Waals surface area contributed by atoms with E-state index in [-0.39, 0.29) is 5.75 Å². The molecule has 18 heavy (non-hydrogen) atoms. The van der Waals surface area contributed by atoms with Crippen LogP contribution in [0.4, 0.5) is 0 Å². The van der Waals surface area contributed by atoms with Crippen molar-refractivity contribution in [3.05, 3.63) is 41.0 Å². The van der Waals surface area contributed by atoms with Crippen LogP contribution in [0.5, 0.6) is 5.75 Å². The summed E-state index contributed by atoms with van der Waals surface area (Å²) in [6.07, 6.45) is 3.19. The third kappa shape index (κ3) is 4.24. The fourth-order valence-electron chi connectivity index (χ4n) is 1.68. The van der Waals surface area contributed by atoms with Gasteiger partial charge in [0.15, 0.2) is 0 Å². The highest BCUT2D eigenvalue weighted by Gasteiger charge is 2.12. The van der Waals surface area contributed by atoms with Crippen molar-refractivity contribution < 1.29 is 15.0 Å². The van der Waals surface area contributed by atoms with E-state index in [9.17, 15) is 9.90 Å². The van der Waals surface area contributed by atoms with Gasteiger partial charge in [-0.25, -0.2) is 0 Å². The number of carboxylic acid groups (broad SMARTS) is 1. The van der Waals surface area contributed by atoms with Crippen LogP contribution in [0, 0.1) is 5.92 Å². The van der Waals surface area contributed by atoms with Gasteiger partial charge in [-0.3, -0.25) is 4.79 Å². The van der Waals surface area contributed by atoms with Gasteiger partial charge in [0.2, 0.25) is 0 Å². The molecule has 0 radical (unpaired) electrons. The summed E-state index contributed by atoms with van der Waals surface area (Å²) in [6, 6.07) is 5.30. The van der Waals surface area contributed by atoms with Gasteiger partial charge < -0.3 is 10.2 Å². The lowest BCUT2D eigenvalue weighted by Crippen LogP contribution is -2.12. The van der Waals surface area contributed by atoms with Crippen LogP contribution in [0.15, 0.2) is 29.8 Å². The Morgan fingerprint density at radius 2 is 2.06 bits per heavy atom. The molecule has 0 unspecified atom stereocenters. The predicted molar refractivity (Wildman–Crippen MR) is 71.7 cm³/mol. The van der Waals surface area contributed by atoms with Crippen molar-refractivity contribution in [2.45, 2.75) is 33.6 Å². The number of allylic oxidation sites excluding steroid dienone is 2. The largest absolute Gasteiger partial charge is 0.508 e. The molecular weight excluding hydrogens is 228 g/mol. The molecule has 0 aliphatic heterocycles. The van der Waals surface area contributed by atoms with Gasteiger partial charge in [0.1, 0.15) is 5.75 Å². The normalized spacial score (nSPS) is 11.9. The van der Waals surface area contributed by atoms with Gasteiger partial charge in [-0.2, -0.15) is 0 Å². The fraction of sp³-hybridized carbons (Fsp3) is 0.400. The number of aliphatic carboxylic acids is 1. The Balaban J connectivity index is 2.86. The molecule has 2 N–H and O–H groups in total. The van der Waals surface area contributed by atoms with Crippen molar-refractivity contribution in [1.82, 2.24) is 0 Å². The van der Waals surface area contributed by atoms with Gasteiger partial charge in [0.05, 0.1) is 5.92 Å². The highest BCUT2D eigenvalue weighted by molar-refractivity contribution is 5.69. The molecule has 0 spiro atoms. The average Bonchev–Trinajstić information content (AvgIpc) is 2.29. The predicted octanol–water partition coefficient (Wildman–Crippen LogP) is 3.16. The Kier molecular flexibility index (Phi) is 4.95. The minimum Gasteiger partial charge on any atom is -0.508 e. The molecule has 0 amide bonds. The van der Waals surface area contributed by atoms with Crippen molar-refractivity contribution in [3.8, 4) is 5.75 Å². The van der Waals surface area contributed by atoms with Crippen LogP contribution < -0.4 is 0 Å². The first-order valence-corrected chi connectivity index (χ1v) is 6.07. The SMILES string of the molecule is CC(C)=CCc1cc(C[C@H](C)C(=O)O)ccc1O. The number of carbonyl (C=O) groups is 1. The number of phenols is 1. The van der Waals surface area contributed by atoms with Gasteiger partial charge in [-0.15, -0.1) is 0 Å². The van der Waals surface area contributed by atoms with E-state index in [0.717, 1.165) is 11.1 Å². The Labute approximate surface area is 108 Å². The molecule has 0 aromatic heterocycles. The molecule has 0 saturated carbocycles. The Morgan fingerprint density at radius 3 is 2.61 bits per heavy atom. The lowest BCUT2D eigenvalue weighted by atomic mass is 9.98. The molecule has 0 heterocycles. The number of hydrogen-bond donors (Lipinski definition) is 2. The molecule has 0 aliphatic rings. The van der Waals surface area contributed by atoms with E-state index in [1.807, 2.05) is 26.0 Å². The van der Waals surface area contributed by atoms with Gasteiger partial charge in [0, 0.05) is 0 Å². The highest BCUT2D eigenvalue weighted by Crippen LogP contribution is 2.21. The monoisotopic (exact) mass is 248 g/mol. The minimum atomic E-state index is -0.797. The summed E-state index contributed by atoms with van der Waals surface area (Å²) < 4.78 is 0. The Hall–Kier alpha value is -1.77. The van der Waals surface area contributed by atoms with Crippen molar-refractivity contribution in [2.24, 2.45) is 5.92 Å². The lowest BCUT2D eigenvalue weighted by molar-refractivity contribution is -0.141. The summed E-state index contributed by atoms with van der Waals surface area (Å²) in [5.74, 6) is -0.945. The highest BCUT2D eigenvalue weighted by atomic mass is 16.4. The van der Waals surface area contributed by atoms with E-state index < -0.39 is 11.9 Å². The molecule has 1 aromatic rings. The summed E-state index contributed by atoms with van der Waals surface area (Å²) >= 11 is 0. The number of aromatic hydroxyl groups is 1. The first-order valence-electron chi connectivity index (χ1n) is 6.07. The molecule has 0 saturated heterocycles. The Morgan fingerprint density at radius 1 is 1.39 bits per heavy atom. The van der Waals surface area contributed by atoms with Crippen LogP contribution in [0.25, 0.3) is 0 Å². The van der Waals surface area contributed by atoms with Gasteiger partial charge in [-0.1, -0.05) is 30.7 Å². The molecule has 1 atom stereocenters. The van der Waals surface area contributed by atoms with Crippen LogP contribution in [-0.4, -0.2) is 16.2 Å². The summed E-state index contributed by atoms with van der Waals surface area (Å²) in [4.78, 5) is 10.8. The number of rotatable bonds is 5. The van der Waals surface area contributed by atoms with Crippen LogP contribution >= 0.6 is 0 Å². The molecule has 3 nitrogen and oxygen atoms in total. The van der Waals surface area contributed by atoms with E-state index in [2.05, 4.69) is 0 Å². The summed E-state index contributed by atoms with van der Waals surface area (Å²) in [5, 5.41) is 18.6. The maximum atomic E-state index is 10.8. The third-order valence-electron chi connectivity index (χ3n) is 2.84. The number of carboxylic acids is 1. The second-order valence-corrected chi connectivity index (χ2v) is 4.89. The fourth-order valence-corrected chi connectivity index (χ4v) is 1.68. The minimum absolute atomic E-state index is 0.263. The molecule has 3 heteroatoms. The summed E-state index contributed by atoms with van der Waals surface area (Å²) in [7, 11) is 0. The maximum absolute atomic E-state index is 10.8. The van der Waals surface area contributed by atoms with Crippen LogP contribution in [0.3, 0.4) is 0 Å². The second-order valence-electron chi connectivity index (χ2n) is 4.89. The number of phenolic OH excluding ortho intramolecular Hbond substituents is 1. The molecule has 98 valence electrons. The summed E-state index contributed by atoms with van der Waals surface area (Å²) in [6.45, 7) is 5.70. The first kappa shape index (κ1) is 14.3. The average molecular weight is 248 g/mol. The maximum Gasteiger partial charge on any atom is 0.306 e. The van der Waals surface area contributed by atoms with Crippen LogP contribution in [0.1, 0.15) is 31.9 Å². The smallest absolute Gasteiger partial charge is 0.306 e. The lowest BCUT2D eigenvalue weighted by Gasteiger charge is -2.09. The van der Waals surface area contributed by atoms with E-state index in [4.69, 9.17) is 5.11 Å². The standard InChI is InChI=1S/C15H20O3/c1-10(2)4-6-13-9-12(5-7-14(13)16)8-11(3)15(17)18/h4-5,7,9,11,16H,6,8H2,1-3H3,(H,17,18)/t11-/m0/s1. The zero-order valence-electron chi connectivity index (χ0n) is 11.1. The quantitative estimate of drug-likeness (QED) is 0.787.